The Morgan fingerprint density at radius 2 is 1.85 bits per heavy atom. The zero-order chi connectivity index (χ0) is 18.7. The molecule has 0 aliphatic rings. The van der Waals surface area contributed by atoms with E-state index in [0.29, 0.717) is 28.5 Å². The van der Waals surface area contributed by atoms with Gasteiger partial charge in [-0.15, -0.1) is 0 Å². The molecule has 1 N–H and O–H groups in total. The smallest absolute Gasteiger partial charge is 0.257 e. The monoisotopic (exact) mass is 387 g/mol. The molecule has 0 radical (unpaired) electrons. The van der Waals surface area contributed by atoms with Crippen LogP contribution in [0.4, 0.5) is 5.69 Å². The molecule has 0 aliphatic heterocycles. The van der Waals surface area contributed by atoms with Crippen molar-refractivity contribution in [3.05, 3.63) is 76.0 Å². The van der Waals surface area contributed by atoms with Crippen LogP contribution in [0.3, 0.4) is 0 Å². The molecule has 26 heavy (non-hydrogen) atoms. The molecule has 0 fully saturated rings. The maximum absolute atomic E-state index is 12.6. The Morgan fingerprint density at radius 1 is 1.04 bits per heavy atom. The van der Waals surface area contributed by atoms with Gasteiger partial charge in [0.15, 0.2) is 5.78 Å². The van der Waals surface area contributed by atoms with E-state index in [1.807, 2.05) is 0 Å². The first-order valence-electron chi connectivity index (χ1n) is 7.97. The van der Waals surface area contributed by atoms with Gasteiger partial charge in [-0.1, -0.05) is 30.1 Å². The van der Waals surface area contributed by atoms with Crippen molar-refractivity contribution in [2.24, 2.45) is 0 Å². The number of carbonyl (C=O) groups excluding carboxylic acids is 2. The SMILES string of the molecule is CCC(=O)c1cc(-c2ccco2)ccc1NC(=O)c1ccc(Cl)cc1Cl. The summed E-state index contributed by atoms with van der Waals surface area (Å²) in [6.45, 7) is 1.77. The number of anilines is 1. The number of ketones is 1. The van der Waals surface area contributed by atoms with E-state index in [0.717, 1.165) is 5.56 Å². The first-order valence-corrected chi connectivity index (χ1v) is 8.72. The highest BCUT2D eigenvalue weighted by molar-refractivity contribution is 6.37. The number of halogens is 2. The van der Waals surface area contributed by atoms with Gasteiger partial charge in [0.1, 0.15) is 5.76 Å². The summed E-state index contributed by atoms with van der Waals surface area (Å²) < 4.78 is 5.38. The lowest BCUT2D eigenvalue weighted by molar-refractivity contribution is 0.0989. The van der Waals surface area contributed by atoms with Gasteiger partial charge in [-0.25, -0.2) is 0 Å². The molecule has 0 unspecified atom stereocenters. The number of carbonyl (C=O) groups is 2. The molecule has 1 heterocycles. The summed E-state index contributed by atoms with van der Waals surface area (Å²) >= 11 is 12.0. The van der Waals surface area contributed by atoms with Crippen LogP contribution in [0.5, 0.6) is 0 Å². The second-order valence-electron chi connectivity index (χ2n) is 5.59. The van der Waals surface area contributed by atoms with Crippen molar-refractivity contribution >= 4 is 40.6 Å². The van der Waals surface area contributed by atoms with Crippen LogP contribution in [0.25, 0.3) is 11.3 Å². The average Bonchev–Trinajstić information content (AvgIpc) is 3.16. The van der Waals surface area contributed by atoms with Gasteiger partial charge < -0.3 is 9.73 Å². The van der Waals surface area contributed by atoms with Crippen LogP contribution >= 0.6 is 23.2 Å². The van der Waals surface area contributed by atoms with Gasteiger partial charge in [0.25, 0.3) is 5.91 Å². The molecular formula is C20H15Cl2NO3. The lowest BCUT2D eigenvalue weighted by Crippen LogP contribution is -2.15. The van der Waals surface area contributed by atoms with Crippen LogP contribution in [-0.2, 0) is 0 Å². The van der Waals surface area contributed by atoms with E-state index in [9.17, 15) is 9.59 Å². The largest absolute Gasteiger partial charge is 0.464 e. The van der Waals surface area contributed by atoms with Gasteiger partial charge in [0.2, 0.25) is 0 Å². The molecule has 2 aromatic carbocycles. The van der Waals surface area contributed by atoms with Crippen LogP contribution in [0.2, 0.25) is 10.0 Å². The minimum atomic E-state index is -0.414. The topological polar surface area (TPSA) is 59.3 Å². The Labute approximate surface area is 160 Å². The fourth-order valence-electron chi connectivity index (χ4n) is 2.53. The molecule has 4 nitrogen and oxygen atoms in total. The zero-order valence-corrected chi connectivity index (χ0v) is 15.4. The van der Waals surface area contributed by atoms with E-state index in [-0.39, 0.29) is 16.4 Å². The van der Waals surface area contributed by atoms with E-state index in [1.165, 1.54) is 6.07 Å². The molecule has 1 aromatic heterocycles. The highest BCUT2D eigenvalue weighted by atomic mass is 35.5. The second-order valence-corrected chi connectivity index (χ2v) is 6.44. The lowest BCUT2D eigenvalue weighted by atomic mass is 10.0. The summed E-state index contributed by atoms with van der Waals surface area (Å²) in [5.41, 5.74) is 1.87. The molecule has 1 amide bonds. The number of amides is 1. The average molecular weight is 388 g/mol. The van der Waals surface area contributed by atoms with Crippen molar-refractivity contribution in [2.45, 2.75) is 13.3 Å². The number of nitrogens with one attached hydrogen (secondary N) is 1. The highest BCUT2D eigenvalue weighted by Crippen LogP contribution is 2.28. The van der Waals surface area contributed by atoms with Crippen molar-refractivity contribution in [2.75, 3.05) is 5.32 Å². The molecule has 0 bridgehead atoms. The molecule has 3 aromatic rings. The van der Waals surface area contributed by atoms with Gasteiger partial charge >= 0.3 is 0 Å². The van der Waals surface area contributed by atoms with E-state index < -0.39 is 5.91 Å². The van der Waals surface area contributed by atoms with Crippen LogP contribution < -0.4 is 5.32 Å². The molecule has 0 aliphatic carbocycles. The van der Waals surface area contributed by atoms with Crippen molar-refractivity contribution in [1.82, 2.24) is 0 Å². The Balaban J connectivity index is 1.96. The van der Waals surface area contributed by atoms with Crippen LogP contribution in [0, 0.1) is 0 Å². The molecule has 3 rings (SSSR count). The zero-order valence-electron chi connectivity index (χ0n) is 13.9. The third-order valence-electron chi connectivity index (χ3n) is 3.87. The number of Topliss-reactive ketones (excluding diaryl/α,β-unsaturated/α-hetero) is 1. The van der Waals surface area contributed by atoms with Crippen LogP contribution in [0.1, 0.15) is 34.1 Å². The molecule has 132 valence electrons. The third-order valence-corrected chi connectivity index (χ3v) is 4.42. The summed E-state index contributed by atoms with van der Waals surface area (Å²) in [7, 11) is 0. The number of hydrogen-bond donors (Lipinski definition) is 1. The molecule has 0 spiro atoms. The molecule has 0 saturated carbocycles. The summed E-state index contributed by atoms with van der Waals surface area (Å²) in [6.07, 6.45) is 1.88. The first-order chi connectivity index (χ1) is 12.5. The number of hydrogen-bond acceptors (Lipinski definition) is 3. The van der Waals surface area contributed by atoms with E-state index in [4.69, 9.17) is 27.6 Å². The minimum Gasteiger partial charge on any atom is -0.464 e. The van der Waals surface area contributed by atoms with Crippen molar-refractivity contribution in [3.63, 3.8) is 0 Å². The number of furan rings is 1. The Morgan fingerprint density at radius 3 is 2.50 bits per heavy atom. The Kier molecular flexibility index (Phi) is 5.45. The summed E-state index contributed by atoms with van der Waals surface area (Å²) in [6, 6.07) is 13.4. The molecule has 6 heteroatoms. The fraction of sp³-hybridized carbons (Fsp3) is 0.100. The fourth-order valence-corrected chi connectivity index (χ4v) is 3.03. The van der Waals surface area contributed by atoms with Crippen LogP contribution in [0.15, 0.2) is 59.2 Å². The van der Waals surface area contributed by atoms with Gasteiger partial charge in [0.05, 0.1) is 22.5 Å². The predicted octanol–water partition coefficient (Wildman–Crippen LogP) is 6.10. The van der Waals surface area contributed by atoms with E-state index >= 15 is 0 Å². The van der Waals surface area contributed by atoms with E-state index in [1.54, 1.807) is 55.7 Å². The number of benzene rings is 2. The second kappa shape index (κ2) is 7.77. The maximum atomic E-state index is 12.6. The maximum Gasteiger partial charge on any atom is 0.257 e. The number of rotatable bonds is 5. The summed E-state index contributed by atoms with van der Waals surface area (Å²) in [5.74, 6) is 0.146. The van der Waals surface area contributed by atoms with E-state index in [2.05, 4.69) is 5.32 Å². The lowest BCUT2D eigenvalue weighted by Gasteiger charge is -2.12. The van der Waals surface area contributed by atoms with Crippen molar-refractivity contribution in [3.8, 4) is 11.3 Å². The third kappa shape index (κ3) is 3.82. The minimum absolute atomic E-state index is 0.0871. The molecule has 0 atom stereocenters. The summed E-state index contributed by atoms with van der Waals surface area (Å²) in [4.78, 5) is 24.9. The summed E-state index contributed by atoms with van der Waals surface area (Å²) in [5, 5.41) is 3.44. The first kappa shape index (κ1) is 18.2. The van der Waals surface area contributed by atoms with Crippen molar-refractivity contribution < 1.29 is 14.0 Å². The Hall–Kier alpha value is -2.56. The standard InChI is InChI=1S/C20H15Cl2NO3/c1-2-18(24)15-10-12(19-4-3-9-26-19)5-8-17(15)23-20(25)14-7-6-13(21)11-16(14)22/h3-11H,2H2,1H3,(H,23,25). The Bertz CT molecular complexity index is 965. The highest BCUT2D eigenvalue weighted by Gasteiger charge is 2.17. The van der Waals surface area contributed by atoms with Gasteiger partial charge in [-0.3, -0.25) is 9.59 Å². The van der Waals surface area contributed by atoms with Gasteiger partial charge in [0, 0.05) is 22.6 Å². The molecule has 0 saturated heterocycles. The van der Waals surface area contributed by atoms with Crippen LogP contribution in [-0.4, -0.2) is 11.7 Å². The van der Waals surface area contributed by atoms with Gasteiger partial charge in [-0.05, 0) is 48.5 Å². The quantitative estimate of drug-likeness (QED) is 0.538. The molecular weight excluding hydrogens is 373 g/mol. The van der Waals surface area contributed by atoms with Gasteiger partial charge in [-0.2, -0.15) is 0 Å². The van der Waals surface area contributed by atoms with Crippen molar-refractivity contribution in [1.29, 1.82) is 0 Å². The predicted molar refractivity (Wildman–Crippen MR) is 103 cm³/mol. The normalized spacial score (nSPS) is 10.6.